The topological polar surface area (TPSA) is 55.1 Å². The number of hydrogen-bond donors (Lipinski definition) is 2. The van der Waals surface area contributed by atoms with Crippen molar-refractivity contribution in [3.63, 3.8) is 0 Å². The summed E-state index contributed by atoms with van der Waals surface area (Å²) in [6.45, 7) is 2.29. The Hall–Kier alpha value is -2.20. The Labute approximate surface area is 136 Å². The fraction of sp³-hybridized carbons (Fsp3) is 0.316. The van der Waals surface area contributed by atoms with Gasteiger partial charge in [0.1, 0.15) is 5.82 Å². The van der Waals surface area contributed by atoms with Gasteiger partial charge in [0.05, 0.1) is 0 Å². The van der Waals surface area contributed by atoms with E-state index in [1.54, 1.807) is 6.07 Å². The summed E-state index contributed by atoms with van der Waals surface area (Å²) in [5.41, 5.74) is 7.98. The number of nitrogens with two attached hydrogens (primary N) is 1. The Morgan fingerprint density at radius 3 is 2.61 bits per heavy atom. The van der Waals surface area contributed by atoms with Crippen LogP contribution in [0.25, 0.3) is 0 Å². The van der Waals surface area contributed by atoms with E-state index in [4.69, 9.17) is 5.73 Å². The molecule has 3 N–H and O–H groups in total. The highest BCUT2D eigenvalue weighted by atomic mass is 19.1. The largest absolute Gasteiger partial charge is 0.354 e. The molecule has 2 aromatic carbocycles. The average Bonchev–Trinajstić information content (AvgIpc) is 2.58. The Balaban J connectivity index is 1.76. The molecular weight excluding hydrogens is 291 g/mol. The van der Waals surface area contributed by atoms with Gasteiger partial charge in [-0.15, -0.1) is 0 Å². The number of nitrogens with one attached hydrogen (secondary N) is 1. The summed E-state index contributed by atoms with van der Waals surface area (Å²) in [5, 5.41) is 2.89. The van der Waals surface area contributed by atoms with Gasteiger partial charge in [0.2, 0.25) is 5.91 Å². The monoisotopic (exact) mass is 314 g/mol. The molecule has 122 valence electrons. The molecule has 0 bridgehead atoms. The zero-order valence-electron chi connectivity index (χ0n) is 13.3. The highest BCUT2D eigenvalue weighted by molar-refractivity contribution is 5.78. The van der Waals surface area contributed by atoms with Crippen LogP contribution in [0.1, 0.15) is 30.5 Å². The van der Waals surface area contributed by atoms with E-state index in [0.29, 0.717) is 19.4 Å². The maximum Gasteiger partial charge on any atom is 0.222 e. The number of carbonyl (C=O) groups excluding carboxylic acids is 1. The van der Waals surface area contributed by atoms with Crippen LogP contribution < -0.4 is 11.1 Å². The molecule has 0 saturated heterocycles. The lowest BCUT2D eigenvalue weighted by atomic mass is 10.00. The lowest BCUT2D eigenvalue weighted by molar-refractivity contribution is -0.124. The summed E-state index contributed by atoms with van der Waals surface area (Å²) in [7, 11) is 0. The van der Waals surface area contributed by atoms with Crippen LogP contribution in [0.4, 0.5) is 4.39 Å². The first kappa shape index (κ1) is 17.2. The number of amides is 1. The fourth-order valence-corrected chi connectivity index (χ4v) is 2.41. The van der Waals surface area contributed by atoms with E-state index in [9.17, 15) is 9.18 Å². The molecule has 0 aliphatic rings. The standard InChI is InChI=1S/C19H23FN2O/c1-14(10-11-15-6-5-9-17(20)12-15)19(23)22-13-18(21)16-7-3-2-4-8-16/h2-9,12,14,18H,10-11,13,21H2,1H3,(H,22,23). The minimum Gasteiger partial charge on any atom is -0.354 e. The lowest BCUT2D eigenvalue weighted by Gasteiger charge is -2.16. The third-order valence-corrected chi connectivity index (χ3v) is 3.93. The summed E-state index contributed by atoms with van der Waals surface area (Å²) in [6, 6.07) is 16.0. The molecule has 23 heavy (non-hydrogen) atoms. The lowest BCUT2D eigenvalue weighted by Crippen LogP contribution is -2.35. The van der Waals surface area contributed by atoms with Crippen molar-refractivity contribution in [1.29, 1.82) is 0 Å². The Morgan fingerprint density at radius 2 is 1.91 bits per heavy atom. The second kappa shape index (κ2) is 8.44. The highest BCUT2D eigenvalue weighted by Crippen LogP contribution is 2.12. The van der Waals surface area contributed by atoms with E-state index in [-0.39, 0.29) is 23.7 Å². The first-order valence-electron chi connectivity index (χ1n) is 7.89. The molecule has 2 atom stereocenters. The van der Waals surface area contributed by atoms with Gasteiger partial charge in [-0.05, 0) is 36.1 Å². The number of hydrogen-bond acceptors (Lipinski definition) is 2. The van der Waals surface area contributed by atoms with E-state index < -0.39 is 0 Å². The molecule has 0 aliphatic heterocycles. The van der Waals surface area contributed by atoms with E-state index in [1.807, 2.05) is 43.3 Å². The van der Waals surface area contributed by atoms with Crippen LogP contribution in [-0.2, 0) is 11.2 Å². The van der Waals surface area contributed by atoms with Gasteiger partial charge >= 0.3 is 0 Å². The predicted molar refractivity (Wildman–Crippen MR) is 90.3 cm³/mol. The summed E-state index contributed by atoms with van der Waals surface area (Å²) in [4.78, 5) is 12.1. The van der Waals surface area contributed by atoms with E-state index in [0.717, 1.165) is 11.1 Å². The summed E-state index contributed by atoms with van der Waals surface area (Å²) < 4.78 is 13.1. The molecular formula is C19H23FN2O. The second-order valence-electron chi connectivity index (χ2n) is 5.83. The first-order valence-corrected chi connectivity index (χ1v) is 7.89. The molecule has 0 heterocycles. The number of halogens is 1. The van der Waals surface area contributed by atoms with Gasteiger partial charge in [-0.3, -0.25) is 4.79 Å². The quantitative estimate of drug-likeness (QED) is 0.824. The normalized spacial score (nSPS) is 13.3. The van der Waals surface area contributed by atoms with Crippen molar-refractivity contribution in [2.24, 2.45) is 11.7 Å². The van der Waals surface area contributed by atoms with Crippen molar-refractivity contribution < 1.29 is 9.18 Å². The van der Waals surface area contributed by atoms with Crippen LogP contribution in [0.3, 0.4) is 0 Å². The molecule has 0 aromatic heterocycles. The molecule has 1 amide bonds. The van der Waals surface area contributed by atoms with Crippen molar-refractivity contribution in [2.45, 2.75) is 25.8 Å². The van der Waals surface area contributed by atoms with Crippen molar-refractivity contribution in [2.75, 3.05) is 6.54 Å². The second-order valence-corrected chi connectivity index (χ2v) is 5.83. The van der Waals surface area contributed by atoms with Crippen molar-refractivity contribution in [3.05, 3.63) is 71.5 Å². The molecule has 2 unspecified atom stereocenters. The first-order chi connectivity index (χ1) is 11.1. The van der Waals surface area contributed by atoms with Gasteiger partial charge in [0.25, 0.3) is 0 Å². The Kier molecular flexibility index (Phi) is 6.29. The highest BCUT2D eigenvalue weighted by Gasteiger charge is 2.14. The van der Waals surface area contributed by atoms with Gasteiger partial charge < -0.3 is 11.1 Å². The van der Waals surface area contributed by atoms with Crippen LogP contribution >= 0.6 is 0 Å². The average molecular weight is 314 g/mol. The Bertz CT molecular complexity index is 630. The van der Waals surface area contributed by atoms with Crippen LogP contribution in [0.15, 0.2) is 54.6 Å². The molecule has 4 heteroatoms. The zero-order valence-corrected chi connectivity index (χ0v) is 13.3. The minimum absolute atomic E-state index is 0.0206. The van der Waals surface area contributed by atoms with Gasteiger partial charge in [-0.2, -0.15) is 0 Å². The number of aryl methyl sites for hydroxylation is 1. The van der Waals surface area contributed by atoms with E-state index >= 15 is 0 Å². The molecule has 0 fully saturated rings. The van der Waals surface area contributed by atoms with Crippen molar-refractivity contribution in [3.8, 4) is 0 Å². The third-order valence-electron chi connectivity index (χ3n) is 3.93. The SMILES string of the molecule is CC(CCc1cccc(F)c1)C(=O)NCC(N)c1ccccc1. The zero-order chi connectivity index (χ0) is 16.7. The smallest absolute Gasteiger partial charge is 0.222 e. The molecule has 3 nitrogen and oxygen atoms in total. The molecule has 0 spiro atoms. The maximum absolute atomic E-state index is 13.1. The molecule has 0 saturated carbocycles. The number of carbonyl (C=O) groups is 1. The maximum atomic E-state index is 13.1. The Morgan fingerprint density at radius 1 is 1.17 bits per heavy atom. The van der Waals surface area contributed by atoms with Crippen LogP contribution in [0.2, 0.25) is 0 Å². The number of rotatable bonds is 7. The molecule has 0 aliphatic carbocycles. The summed E-state index contributed by atoms with van der Waals surface area (Å²) in [6.07, 6.45) is 1.35. The van der Waals surface area contributed by atoms with Crippen molar-refractivity contribution >= 4 is 5.91 Å². The fourth-order valence-electron chi connectivity index (χ4n) is 2.41. The van der Waals surface area contributed by atoms with Crippen molar-refractivity contribution in [1.82, 2.24) is 5.32 Å². The number of benzene rings is 2. The van der Waals surface area contributed by atoms with E-state index in [1.165, 1.54) is 12.1 Å². The van der Waals surface area contributed by atoms with E-state index in [2.05, 4.69) is 5.32 Å². The van der Waals surface area contributed by atoms with Gasteiger partial charge in [-0.25, -0.2) is 4.39 Å². The van der Waals surface area contributed by atoms with Gasteiger partial charge in [0, 0.05) is 18.5 Å². The molecule has 2 aromatic rings. The minimum atomic E-state index is -0.242. The van der Waals surface area contributed by atoms with Gasteiger partial charge in [0.15, 0.2) is 0 Å². The predicted octanol–water partition coefficient (Wildman–Crippen LogP) is 3.21. The van der Waals surface area contributed by atoms with Crippen LogP contribution in [0, 0.1) is 11.7 Å². The summed E-state index contributed by atoms with van der Waals surface area (Å²) >= 11 is 0. The third kappa shape index (κ3) is 5.49. The van der Waals surface area contributed by atoms with Crippen LogP contribution in [-0.4, -0.2) is 12.5 Å². The van der Waals surface area contributed by atoms with Crippen LogP contribution in [0.5, 0.6) is 0 Å². The summed E-state index contributed by atoms with van der Waals surface area (Å²) in [5.74, 6) is -0.400. The molecule has 2 rings (SSSR count). The molecule has 0 radical (unpaired) electrons. The van der Waals surface area contributed by atoms with Gasteiger partial charge in [-0.1, -0.05) is 49.4 Å².